The van der Waals surface area contributed by atoms with Gasteiger partial charge in [0, 0.05) is 17.1 Å². The Kier molecular flexibility index (Phi) is 3.82. The van der Waals surface area contributed by atoms with Crippen LogP contribution in [0, 0.1) is 11.6 Å². The first kappa shape index (κ1) is 13.6. The molecule has 1 aliphatic carbocycles. The van der Waals surface area contributed by atoms with E-state index in [1.165, 1.54) is 24.3 Å². The smallest absolute Gasteiger partial charge is 0.123 e. The van der Waals surface area contributed by atoms with E-state index in [2.05, 4.69) is 6.08 Å². The molecule has 0 aromatic heterocycles. The number of nitrogens with zero attached hydrogens (tertiary/aromatic N) is 1. The quantitative estimate of drug-likeness (QED) is 0.735. The molecule has 0 heterocycles. The molecular weight excluding hydrogens is 268 g/mol. The Morgan fingerprint density at radius 1 is 0.762 bits per heavy atom. The summed E-state index contributed by atoms with van der Waals surface area (Å²) in [5, 5.41) is 0. The molecule has 0 spiro atoms. The fourth-order valence-electron chi connectivity index (χ4n) is 2.44. The average molecular weight is 283 g/mol. The third-order valence-electron chi connectivity index (χ3n) is 3.45. The first-order chi connectivity index (χ1) is 10.2. The predicted octanol–water partition coefficient (Wildman–Crippen LogP) is 5.34. The lowest BCUT2D eigenvalue weighted by molar-refractivity contribution is 0.627. The van der Waals surface area contributed by atoms with Crippen molar-refractivity contribution in [3.8, 4) is 0 Å². The van der Waals surface area contributed by atoms with Crippen LogP contribution in [0.2, 0.25) is 0 Å². The molecule has 0 saturated carbocycles. The molecule has 0 aliphatic heterocycles. The first-order valence-electron chi connectivity index (χ1n) is 6.91. The summed E-state index contributed by atoms with van der Waals surface area (Å²) in [5.41, 5.74) is 2.84. The molecule has 21 heavy (non-hydrogen) atoms. The Morgan fingerprint density at radius 2 is 1.29 bits per heavy atom. The number of benzene rings is 2. The molecule has 0 fully saturated rings. The number of allylic oxidation sites excluding steroid dienone is 4. The zero-order valence-electron chi connectivity index (χ0n) is 11.5. The molecule has 0 radical (unpaired) electrons. The van der Waals surface area contributed by atoms with Gasteiger partial charge in [0.1, 0.15) is 11.6 Å². The van der Waals surface area contributed by atoms with Crippen molar-refractivity contribution in [1.82, 2.24) is 0 Å². The zero-order valence-corrected chi connectivity index (χ0v) is 11.5. The van der Waals surface area contributed by atoms with Crippen LogP contribution in [0.4, 0.5) is 20.2 Å². The van der Waals surface area contributed by atoms with Crippen molar-refractivity contribution in [2.45, 2.75) is 12.8 Å². The maximum atomic E-state index is 13.2. The van der Waals surface area contributed by atoms with E-state index in [1.807, 2.05) is 17.1 Å². The van der Waals surface area contributed by atoms with E-state index in [9.17, 15) is 8.78 Å². The van der Waals surface area contributed by atoms with Gasteiger partial charge in [-0.05, 0) is 67.4 Å². The van der Waals surface area contributed by atoms with E-state index in [4.69, 9.17) is 0 Å². The molecule has 1 aliphatic rings. The number of halogens is 2. The molecule has 3 heteroatoms. The minimum Gasteiger partial charge on any atom is -0.314 e. The maximum Gasteiger partial charge on any atom is 0.123 e. The topological polar surface area (TPSA) is 3.24 Å². The highest BCUT2D eigenvalue weighted by atomic mass is 19.1. The highest BCUT2D eigenvalue weighted by Crippen LogP contribution is 2.33. The fourth-order valence-corrected chi connectivity index (χ4v) is 2.44. The Labute approximate surface area is 122 Å². The van der Waals surface area contributed by atoms with Gasteiger partial charge in [-0.3, -0.25) is 0 Å². The van der Waals surface area contributed by atoms with Crippen molar-refractivity contribution in [2.24, 2.45) is 0 Å². The number of anilines is 2. The van der Waals surface area contributed by atoms with Gasteiger partial charge in [-0.25, -0.2) is 8.78 Å². The molecule has 0 bridgehead atoms. The highest BCUT2D eigenvalue weighted by molar-refractivity contribution is 5.68. The summed E-state index contributed by atoms with van der Waals surface area (Å²) in [6.07, 6.45) is 8.02. The largest absolute Gasteiger partial charge is 0.314 e. The summed E-state index contributed by atoms with van der Waals surface area (Å²) in [6, 6.07) is 12.7. The van der Waals surface area contributed by atoms with Crippen molar-refractivity contribution >= 4 is 11.4 Å². The maximum absolute atomic E-state index is 13.2. The Morgan fingerprint density at radius 3 is 1.71 bits per heavy atom. The Hall–Kier alpha value is -2.42. The van der Waals surface area contributed by atoms with Crippen LogP contribution in [-0.4, -0.2) is 0 Å². The van der Waals surface area contributed by atoms with E-state index in [-0.39, 0.29) is 11.6 Å². The van der Waals surface area contributed by atoms with Crippen LogP contribution in [0.25, 0.3) is 0 Å². The zero-order chi connectivity index (χ0) is 14.7. The summed E-state index contributed by atoms with van der Waals surface area (Å²) in [4.78, 5) is 2.03. The molecule has 2 aromatic carbocycles. The predicted molar refractivity (Wildman–Crippen MR) is 81.4 cm³/mol. The normalized spacial score (nSPS) is 13.9. The van der Waals surface area contributed by atoms with Gasteiger partial charge < -0.3 is 4.90 Å². The fraction of sp³-hybridized carbons (Fsp3) is 0.111. The van der Waals surface area contributed by atoms with E-state index in [1.54, 1.807) is 24.3 Å². The standard InChI is InChI=1S/C18H15F2N/c19-14-6-10-17(11-7-14)21(16-4-2-1-3-5-16)18-12-8-15(20)9-13-18/h1-2,4,6-13H,3,5H2. The van der Waals surface area contributed by atoms with Crippen LogP contribution in [-0.2, 0) is 0 Å². The molecule has 3 rings (SSSR count). The van der Waals surface area contributed by atoms with Crippen LogP contribution in [0.15, 0.2) is 72.5 Å². The lowest BCUT2D eigenvalue weighted by Crippen LogP contribution is -2.17. The van der Waals surface area contributed by atoms with Crippen LogP contribution in [0.3, 0.4) is 0 Å². The lowest BCUT2D eigenvalue weighted by atomic mass is 10.1. The van der Waals surface area contributed by atoms with E-state index < -0.39 is 0 Å². The minimum absolute atomic E-state index is 0.268. The van der Waals surface area contributed by atoms with E-state index in [0.29, 0.717) is 0 Å². The third-order valence-corrected chi connectivity index (χ3v) is 3.45. The highest BCUT2D eigenvalue weighted by Gasteiger charge is 2.15. The SMILES string of the molecule is Fc1ccc(N(C2=CC=CCC2)c2ccc(F)cc2)cc1. The van der Waals surface area contributed by atoms with Crippen LogP contribution in [0.5, 0.6) is 0 Å². The molecule has 0 saturated heterocycles. The van der Waals surface area contributed by atoms with Crippen molar-refractivity contribution < 1.29 is 8.78 Å². The molecule has 106 valence electrons. The van der Waals surface area contributed by atoms with E-state index >= 15 is 0 Å². The van der Waals surface area contributed by atoms with Crippen LogP contribution < -0.4 is 4.90 Å². The van der Waals surface area contributed by atoms with Crippen molar-refractivity contribution in [3.63, 3.8) is 0 Å². The summed E-state index contributed by atoms with van der Waals surface area (Å²) < 4.78 is 26.3. The Balaban J connectivity index is 2.05. The molecule has 1 nitrogen and oxygen atoms in total. The summed E-state index contributed by atoms with van der Waals surface area (Å²) in [6.45, 7) is 0. The lowest BCUT2D eigenvalue weighted by Gasteiger charge is -2.28. The van der Waals surface area contributed by atoms with Gasteiger partial charge in [-0.1, -0.05) is 12.2 Å². The van der Waals surface area contributed by atoms with Crippen molar-refractivity contribution in [1.29, 1.82) is 0 Å². The third kappa shape index (κ3) is 3.02. The second-order valence-electron chi connectivity index (χ2n) is 4.91. The van der Waals surface area contributed by atoms with Gasteiger partial charge in [0.15, 0.2) is 0 Å². The molecule has 0 atom stereocenters. The monoisotopic (exact) mass is 283 g/mol. The average Bonchev–Trinajstić information content (AvgIpc) is 2.52. The summed E-state index contributed by atoms with van der Waals surface area (Å²) in [7, 11) is 0. The molecule has 0 amide bonds. The van der Waals surface area contributed by atoms with Gasteiger partial charge >= 0.3 is 0 Å². The van der Waals surface area contributed by atoms with Gasteiger partial charge in [0.2, 0.25) is 0 Å². The molecule has 2 aromatic rings. The number of rotatable bonds is 3. The molecule has 0 N–H and O–H groups in total. The number of hydrogen-bond donors (Lipinski definition) is 0. The van der Waals surface area contributed by atoms with Crippen LogP contribution >= 0.6 is 0 Å². The van der Waals surface area contributed by atoms with Crippen molar-refractivity contribution in [3.05, 3.63) is 84.1 Å². The second-order valence-corrected chi connectivity index (χ2v) is 4.91. The second kappa shape index (κ2) is 5.92. The molecule has 0 unspecified atom stereocenters. The van der Waals surface area contributed by atoms with E-state index in [0.717, 1.165) is 29.9 Å². The Bertz CT molecular complexity index is 624. The minimum atomic E-state index is -0.268. The van der Waals surface area contributed by atoms with Gasteiger partial charge in [0.05, 0.1) is 0 Å². The van der Waals surface area contributed by atoms with Crippen LogP contribution in [0.1, 0.15) is 12.8 Å². The van der Waals surface area contributed by atoms with Gasteiger partial charge in [-0.15, -0.1) is 0 Å². The first-order valence-corrected chi connectivity index (χ1v) is 6.91. The number of hydrogen-bond acceptors (Lipinski definition) is 1. The van der Waals surface area contributed by atoms with Gasteiger partial charge in [-0.2, -0.15) is 0 Å². The summed E-state index contributed by atoms with van der Waals surface area (Å²) in [5.74, 6) is -0.536. The van der Waals surface area contributed by atoms with Gasteiger partial charge in [0.25, 0.3) is 0 Å². The summed E-state index contributed by atoms with van der Waals surface area (Å²) >= 11 is 0. The van der Waals surface area contributed by atoms with Crippen molar-refractivity contribution in [2.75, 3.05) is 4.90 Å². The molecular formula is C18H15F2N.